The fourth-order valence-corrected chi connectivity index (χ4v) is 11.2. The molecule has 0 saturated heterocycles. The number of imidazole rings is 1. The van der Waals surface area contributed by atoms with Gasteiger partial charge in [-0.3, -0.25) is 4.98 Å². The van der Waals surface area contributed by atoms with Gasteiger partial charge in [0.1, 0.15) is 13.9 Å². The van der Waals surface area contributed by atoms with Crippen LogP contribution < -0.4 is 20.0 Å². The van der Waals surface area contributed by atoms with Gasteiger partial charge < -0.3 is 18.6 Å². The number of hydrogen-bond acceptors (Lipinski definition) is 4. The number of aromatic nitrogens is 4. The van der Waals surface area contributed by atoms with Gasteiger partial charge in [-0.25, -0.2) is 4.98 Å². The summed E-state index contributed by atoms with van der Waals surface area (Å²) in [7, 11) is -2.21. The molecule has 0 unspecified atom stereocenters. The van der Waals surface area contributed by atoms with Crippen molar-refractivity contribution in [3.63, 3.8) is 0 Å². The number of pyridine rings is 2. The molecule has 8 heteroatoms. The average molecular weight is 893 g/mol. The Morgan fingerprint density at radius 2 is 1.35 bits per heavy atom. The second-order valence-electron chi connectivity index (χ2n) is 14.2. The van der Waals surface area contributed by atoms with Gasteiger partial charge in [-0.1, -0.05) is 96.3 Å². The molecule has 54 heavy (non-hydrogen) atoms. The SMILES string of the molecule is C[Si]1(C)c2cc3c(cc2N(c2[c-]c(Oc4[c-]c5c(cc4)c4ccccc4n4ccnc54)ccc2)c2ncccc21)c1ccccc1n3-c1ccccc1.[Pt+2]. The maximum Gasteiger partial charge on any atom is 2.00 e. The van der Waals surface area contributed by atoms with Crippen LogP contribution in [-0.2, 0) is 21.1 Å². The Morgan fingerprint density at radius 1 is 0.593 bits per heavy atom. The number of hydrogen-bond donors (Lipinski definition) is 0. The minimum Gasteiger partial charge on any atom is -0.503 e. The largest absolute Gasteiger partial charge is 2.00 e. The number of nitrogens with zero attached hydrogens (tertiary/aromatic N) is 5. The van der Waals surface area contributed by atoms with Crippen molar-refractivity contribution in [2.75, 3.05) is 4.90 Å². The van der Waals surface area contributed by atoms with Crippen molar-refractivity contribution in [2.45, 2.75) is 13.1 Å². The summed E-state index contributed by atoms with van der Waals surface area (Å²) in [4.78, 5) is 12.0. The van der Waals surface area contributed by atoms with Gasteiger partial charge in [-0.2, -0.15) is 6.07 Å². The van der Waals surface area contributed by atoms with Gasteiger partial charge >= 0.3 is 21.1 Å². The molecule has 0 atom stereocenters. The molecule has 260 valence electrons. The van der Waals surface area contributed by atoms with E-state index < -0.39 is 8.07 Å². The van der Waals surface area contributed by atoms with Crippen LogP contribution in [-0.4, -0.2) is 27.0 Å². The van der Waals surface area contributed by atoms with Crippen LogP contribution >= 0.6 is 0 Å². The normalized spacial score (nSPS) is 13.3. The summed E-state index contributed by atoms with van der Waals surface area (Å²) < 4.78 is 11.1. The van der Waals surface area contributed by atoms with E-state index in [-0.39, 0.29) is 21.1 Å². The summed E-state index contributed by atoms with van der Waals surface area (Å²) in [6.45, 7) is 4.87. The first-order valence-corrected chi connectivity index (χ1v) is 20.8. The molecule has 4 aromatic heterocycles. The van der Waals surface area contributed by atoms with E-state index in [1.807, 2.05) is 36.8 Å². The van der Waals surface area contributed by atoms with E-state index in [1.54, 1.807) is 0 Å². The topological polar surface area (TPSA) is 47.6 Å². The van der Waals surface area contributed by atoms with Crippen LogP contribution in [0.5, 0.6) is 11.5 Å². The van der Waals surface area contributed by atoms with E-state index >= 15 is 0 Å². The fourth-order valence-electron chi connectivity index (χ4n) is 8.38. The number of para-hydroxylation sites is 3. The van der Waals surface area contributed by atoms with Gasteiger partial charge in [0.2, 0.25) is 0 Å². The summed E-state index contributed by atoms with van der Waals surface area (Å²) in [5.41, 5.74) is 7.50. The molecular weight excluding hydrogens is 862 g/mol. The van der Waals surface area contributed by atoms with Crippen molar-refractivity contribution in [1.29, 1.82) is 0 Å². The number of anilines is 3. The first kappa shape index (κ1) is 32.6. The van der Waals surface area contributed by atoms with Gasteiger partial charge in [0.25, 0.3) is 0 Å². The predicted octanol–water partition coefficient (Wildman–Crippen LogP) is 10.1. The van der Waals surface area contributed by atoms with Crippen molar-refractivity contribution in [3.05, 3.63) is 164 Å². The first-order chi connectivity index (χ1) is 26.0. The third-order valence-corrected chi connectivity index (χ3v) is 14.3. The quantitative estimate of drug-likeness (QED) is 0.100. The van der Waals surface area contributed by atoms with E-state index in [2.05, 4.69) is 154 Å². The van der Waals surface area contributed by atoms with Crippen LogP contribution in [0.1, 0.15) is 0 Å². The van der Waals surface area contributed by atoms with E-state index in [4.69, 9.17) is 14.7 Å². The van der Waals surface area contributed by atoms with Crippen LogP contribution in [0.4, 0.5) is 17.2 Å². The second-order valence-corrected chi connectivity index (χ2v) is 18.5. The summed E-state index contributed by atoms with van der Waals surface area (Å²) in [6.07, 6.45) is 5.72. The number of rotatable bonds is 4. The van der Waals surface area contributed by atoms with Crippen molar-refractivity contribution < 1.29 is 25.8 Å². The molecule has 0 fully saturated rings. The van der Waals surface area contributed by atoms with Gasteiger partial charge in [0.05, 0.1) is 16.7 Å². The van der Waals surface area contributed by atoms with E-state index in [0.29, 0.717) is 11.5 Å². The van der Waals surface area contributed by atoms with Gasteiger partial charge in [-0.05, 0) is 58.2 Å². The monoisotopic (exact) mass is 892 g/mol. The zero-order valence-corrected chi connectivity index (χ0v) is 32.7. The average Bonchev–Trinajstić information content (AvgIpc) is 3.82. The molecule has 11 rings (SSSR count). The van der Waals surface area contributed by atoms with Crippen LogP contribution in [0.3, 0.4) is 0 Å². The Morgan fingerprint density at radius 3 is 2.20 bits per heavy atom. The Hall–Kier alpha value is -6.01. The van der Waals surface area contributed by atoms with Gasteiger partial charge in [0.15, 0.2) is 0 Å². The van der Waals surface area contributed by atoms with E-state index in [9.17, 15) is 0 Å². The van der Waals surface area contributed by atoms with Crippen LogP contribution in [0.15, 0.2) is 152 Å². The molecule has 6 aromatic carbocycles. The number of ether oxygens (including phenoxy) is 1. The molecular formula is C46H31N5OPtSi. The third kappa shape index (κ3) is 4.75. The van der Waals surface area contributed by atoms with Crippen LogP contribution in [0, 0.1) is 12.1 Å². The van der Waals surface area contributed by atoms with E-state index in [0.717, 1.165) is 50.2 Å². The molecule has 1 aliphatic rings. The van der Waals surface area contributed by atoms with Crippen LogP contribution in [0.25, 0.3) is 54.8 Å². The summed E-state index contributed by atoms with van der Waals surface area (Å²) in [6, 6.07) is 54.2. The maximum absolute atomic E-state index is 6.56. The minimum absolute atomic E-state index is 0. The molecule has 1 aliphatic heterocycles. The predicted molar refractivity (Wildman–Crippen MR) is 218 cm³/mol. The molecule has 0 amide bonds. The molecule has 10 aromatic rings. The number of fused-ring (bicyclic) bond motifs is 11. The Kier molecular flexibility index (Phi) is 7.41. The smallest absolute Gasteiger partial charge is 0.503 e. The number of benzene rings is 6. The van der Waals surface area contributed by atoms with Crippen molar-refractivity contribution in [1.82, 2.24) is 18.9 Å². The molecule has 6 nitrogen and oxygen atoms in total. The molecule has 0 bridgehead atoms. The minimum atomic E-state index is -2.21. The zero-order valence-electron chi connectivity index (χ0n) is 29.4. The van der Waals surface area contributed by atoms with Gasteiger partial charge in [-0.15, -0.1) is 30.3 Å². The van der Waals surface area contributed by atoms with Crippen molar-refractivity contribution in [3.8, 4) is 17.2 Å². The summed E-state index contributed by atoms with van der Waals surface area (Å²) >= 11 is 0. The molecule has 0 saturated carbocycles. The molecule has 0 radical (unpaired) electrons. The second kappa shape index (κ2) is 12.3. The van der Waals surface area contributed by atoms with E-state index in [1.165, 1.54) is 32.2 Å². The Labute approximate surface area is 327 Å². The standard InChI is InChI=1S/C46H31N5OSi.Pt/c1-53(2)43-20-11-23-47-46(43)51(42-28-37-36-17-7-9-19-40(36)50(41(37)29-44(42)53)30-12-4-3-5-13-30)31-14-10-15-32(26-31)52-33-21-22-34-35-16-6-8-18-39(35)49-25-24-48-45(49)38(34)27-33;/h3-25,28-29H,1-2H3;/q-2;+2. The van der Waals surface area contributed by atoms with Crippen LogP contribution in [0.2, 0.25) is 13.1 Å². The molecule has 0 N–H and O–H groups in total. The Bertz CT molecular complexity index is 3100. The fraction of sp³-hybridized carbons (Fsp3) is 0.0435. The third-order valence-electron chi connectivity index (χ3n) is 10.8. The zero-order chi connectivity index (χ0) is 35.3. The van der Waals surface area contributed by atoms with Crippen molar-refractivity contribution >= 4 is 84.8 Å². The Balaban J connectivity index is 0.00000361. The molecule has 0 aliphatic carbocycles. The molecule has 0 spiro atoms. The molecule has 5 heterocycles. The van der Waals surface area contributed by atoms with Crippen molar-refractivity contribution in [2.24, 2.45) is 0 Å². The summed E-state index contributed by atoms with van der Waals surface area (Å²) in [5, 5.41) is 8.20. The maximum atomic E-state index is 6.56. The summed E-state index contributed by atoms with van der Waals surface area (Å²) in [5.74, 6) is 2.15. The van der Waals surface area contributed by atoms with Gasteiger partial charge in [0, 0.05) is 57.8 Å². The first-order valence-electron chi connectivity index (χ1n) is 17.8.